The highest BCUT2D eigenvalue weighted by molar-refractivity contribution is 5.78. The van der Waals surface area contributed by atoms with Crippen LogP contribution in [0.1, 0.15) is 31.9 Å². The van der Waals surface area contributed by atoms with Crippen molar-refractivity contribution in [3.63, 3.8) is 0 Å². The fourth-order valence-corrected chi connectivity index (χ4v) is 2.73. The molecule has 0 radical (unpaired) electrons. The van der Waals surface area contributed by atoms with Crippen LogP contribution in [0.4, 0.5) is 5.82 Å². The number of anilines is 1. The van der Waals surface area contributed by atoms with Crippen molar-refractivity contribution >= 4 is 17.6 Å². The summed E-state index contributed by atoms with van der Waals surface area (Å²) in [5, 5.41) is 13.5. The van der Waals surface area contributed by atoms with Crippen molar-refractivity contribution in [3.8, 4) is 0 Å². The first-order chi connectivity index (χ1) is 9.70. The number of aryl methyl sites for hydroxylation is 1. The van der Waals surface area contributed by atoms with Crippen LogP contribution in [0.3, 0.4) is 0 Å². The number of nitrogens with zero attached hydrogens (tertiary/aromatic N) is 5. The second-order valence-electron chi connectivity index (χ2n) is 5.02. The first-order valence-corrected chi connectivity index (χ1v) is 6.90. The first kappa shape index (κ1) is 12.8. The molecule has 20 heavy (non-hydrogen) atoms. The maximum absolute atomic E-state index is 11.4. The quantitative estimate of drug-likeness (QED) is 0.900. The Morgan fingerprint density at radius 2 is 2.40 bits per heavy atom. The topological polar surface area (TPSA) is 83.6 Å². The first-order valence-electron chi connectivity index (χ1n) is 6.90. The molecular weight excluding hydrogens is 258 g/mol. The monoisotopic (exact) mass is 275 g/mol. The summed E-state index contributed by atoms with van der Waals surface area (Å²) in [6.07, 6.45) is 4.82. The lowest BCUT2D eigenvalue weighted by Gasteiger charge is -2.24. The van der Waals surface area contributed by atoms with Gasteiger partial charge in [0.05, 0.1) is 0 Å². The van der Waals surface area contributed by atoms with E-state index in [0.29, 0.717) is 12.2 Å². The van der Waals surface area contributed by atoms with Crippen LogP contribution in [-0.4, -0.2) is 43.2 Å². The number of rotatable bonds is 4. The summed E-state index contributed by atoms with van der Waals surface area (Å²) in [4.78, 5) is 21.8. The van der Waals surface area contributed by atoms with E-state index >= 15 is 0 Å². The smallest absolute Gasteiger partial charge is 0.326 e. The van der Waals surface area contributed by atoms with Gasteiger partial charge in [-0.25, -0.2) is 9.78 Å². The Kier molecular flexibility index (Phi) is 3.25. The van der Waals surface area contributed by atoms with Gasteiger partial charge in [-0.1, -0.05) is 13.3 Å². The van der Waals surface area contributed by atoms with Gasteiger partial charge in [0.1, 0.15) is 18.2 Å². The molecule has 1 aliphatic heterocycles. The van der Waals surface area contributed by atoms with E-state index in [0.717, 1.165) is 37.3 Å². The molecule has 0 spiro atoms. The number of hydrogen-bond donors (Lipinski definition) is 1. The third-order valence-corrected chi connectivity index (χ3v) is 3.62. The second-order valence-corrected chi connectivity index (χ2v) is 5.02. The van der Waals surface area contributed by atoms with Gasteiger partial charge in [-0.3, -0.25) is 0 Å². The Bertz CT molecular complexity index is 639. The fourth-order valence-electron chi connectivity index (χ4n) is 2.73. The van der Waals surface area contributed by atoms with Crippen molar-refractivity contribution < 1.29 is 9.90 Å². The van der Waals surface area contributed by atoms with E-state index in [4.69, 9.17) is 0 Å². The zero-order valence-corrected chi connectivity index (χ0v) is 11.4. The fraction of sp³-hybridized carbons (Fsp3) is 0.538. The van der Waals surface area contributed by atoms with Crippen molar-refractivity contribution in [2.24, 2.45) is 0 Å². The van der Waals surface area contributed by atoms with Gasteiger partial charge < -0.3 is 10.0 Å². The van der Waals surface area contributed by atoms with E-state index < -0.39 is 12.0 Å². The minimum absolute atomic E-state index is 0.487. The summed E-state index contributed by atoms with van der Waals surface area (Å²) in [6, 6.07) is 1.45. The molecule has 0 amide bonds. The van der Waals surface area contributed by atoms with Crippen LogP contribution in [0.5, 0.6) is 0 Å². The van der Waals surface area contributed by atoms with Crippen LogP contribution in [0.15, 0.2) is 12.4 Å². The zero-order chi connectivity index (χ0) is 14.1. The number of aliphatic carboxylic acids is 1. The predicted molar refractivity (Wildman–Crippen MR) is 72.8 cm³/mol. The van der Waals surface area contributed by atoms with Crippen molar-refractivity contribution in [2.75, 3.05) is 11.4 Å². The number of fused-ring (bicyclic) bond motifs is 1. The number of aromatic nitrogens is 4. The van der Waals surface area contributed by atoms with Gasteiger partial charge in [-0.15, -0.1) is 0 Å². The number of hydrogen-bond acceptors (Lipinski definition) is 5. The van der Waals surface area contributed by atoms with Gasteiger partial charge in [0.25, 0.3) is 5.78 Å². The lowest BCUT2D eigenvalue weighted by Crippen LogP contribution is -2.37. The van der Waals surface area contributed by atoms with E-state index in [1.807, 2.05) is 11.0 Å². The third-order valence-electron chi connectivity index (χ3n) is 3.62. The third kappa shape index (κ3) is 2.09. The molecule has 1 aliphatic rings. The minimum atomic E-state index is -0.787. The van der Waals surface area contributed by atoms with Gasteiger partial charge in [0.15, 0.2) is 0 Å². The average molecular weight is 275 g/mol. The van der Waals surface area contributed by atoms with Crippen molar-refractivity contribution in [3.05, 3.63) is 18.1 Å². The van der Waals surface area contributed by atoms with Crippen molar-refractivity contribution in [1.82, 2.24) is 19.6 Å². The predicted octanol–water partition coefficient (Wildman–Crippen LogP) is 1.13. The number of carboxylic acid groups (broad SMARTS) is 1. The summed E-state index contributed by atoms with van der Waals surface area (Å²) in [5.74, 6) is 0.521. The minimum Gasteiger partial charge on any atom is -0.480 e. The molecule has 0 saturated carbocycles. The van der Waals surface area contributed by atoms with E-state index in [1.165, 1.54) is 6.33 Å². The molecule has 0 bridgehead atoms. The lowest BCUT2D eigenvalue weighted by atomic mass is 10.2. The van der Waals surface area contributed by atoms with Gasteiger partial charge in [0, 0.05) is 18.3 Å². The zero-order valence-electron chi connectivity index (χ0n) is 11.4. The molecular formula is C13H17N5O2. The molecule has 1 fully saturated rings. The van der Waals surface area contributed by atoms with E-state index in [2.05, 4.69) is 22.0 Å². The Balaban J connectivity index is 2.09. The molecule has 2 aromatic rings. The van der Waals surface area contributed by atoms with E-state index in [1.54, 1.807) is 4.52 Å². The molecule has 1 N–H and O–H groups in total. The van der Waals surface area contributed by atoms with Crippen LogP contribution < -0.4 is 4.90 Å². The lowest BCUT2D eigenvalue weighted by molar-refractivity contribution is -0.138. The molecule has 7 heteroatoms. The standard InChI is InChI=1S/C13H17N5O2/c1-2-4-9-7-11(18-13(16-9)14-8-15-18)17-6-3-5-10(17)12(19)20/h7-8,10H,2-6H2,1H3,(H,19,20). The molecule has 7 nitrogen and oxygen atoms in total. The van der Waals surface area contributed by atoms with E-state index in [-0.39, 0.29) is 0 Å². The molecule has 1 saturated heterocycles. The number of carbonyl (C=O) groups is 1. The summed E-state index contributed by atoms with van der Waals surface area (Å²) >= 11 is 0. The molecule has 1 atom stereocenters. The van der Waals surface area contributed by atoms with Gasteiger partial charge in [-0.2, -0.15) is 14.6 Å². The van der Waals surface area contributed by atoms with Crippen molar-refractivity contribution in [2.45, 2.75) is 38.6 Å². The molecule has 106 valence electrons. The molecule has 1 unspecified atom stereocenters. The highest BCUT2D eigenvalue weighted by atomic mass is 16.4. The Morgan fingerprint density at radius 3 is 3.15 bits per heavy atom. The summed E-state index contributed by atoms with van der Waals surface area (Å²) < 4.78 is 1.63. The summed E-state index contributed by atoms with van der Waals surface area (Å²) in [6.45, 7) is 2.81. The summed E-state index contributed by atoms with van der Waals surface area (Å²) in [7, 11) is 0. The Morgan fingerprint density at radius 1 is 1.55 bits per heavy atom. The second kappa shape index (κ2) is 5.07. The van der Waals surface area contributed by atoms with Crippen LogP contribution in [0.2, 0.25) is 0 Å². The van der Waals surface area contributed by atoms with Crippen LogP contribution >= 0.6 is 0 Å². The number of carboxylic acids is 1. The van der Waals surface area contributed by atoms with Gasteiger partial charge in [0.2, 0.25) is 0 Å². The van der Waals surface area contributed by atoms with Crippen LogP contribution in [0.25, 0.3) is 5.78 Å². The molecule has 2 aromatic heterocycles. The van der Waals surface area contributed by atoms with E-state index in [9.17, 15) is 9.90 Å². The molecule has 3 rings (SSSR count). The largest absolute Gasteiger partial charge is 0.480 e. The molecule has 0 aromatic carbocycles. The molecule has 0 aliphatic carbocycles. The molecule has 3 heterocycles. The van der Waals surface area contributed by atoms with Crippen LogP contribution in [0, 0.1) is 0 Å². The Labute approximate surface area is 116 Å². The Hall–Kier alpha value is -2.18. The maximum atomic E-state index is 11.4. The van der Waals surface area contributed by atoms with Gasteiger partial charge in [-0.05, 0) is 19.3 Å². The normalized spacial score (nSPS) is 18.9. The van der Waals surface area contributed by atoms with Crippen LogP contribution in [-0.2, 0) is 11.2 Å². The highest BCUT2D eigenvalue weighted by Crippen LogP contribution is 2.26. The highest BCUT2D eigenvalue weighted by Gasteiger charge is 2.32. The summed E-state index contributed by atoms with van der Waals surface area (Å²) in [5.41, 5.74) is 0.930. The SMILES string of the molecule is CCCc1cc(N2CCCC2C(=O)O)n2ncnc2n1. The van der Waals surface area contributed by atoms with Gasteiger partial charge >= 0.3 is 5.97 Å². The maximum Gasteiger partial charge on any atom is 0.326 e. The van der Waals surface area contributed by atoms with Crippen molar-refractivity contribution in [1.29, 1.82) is 0 Å². The average Bonchev–Trinajstić information content (AvgIpc) is 3.06.